The number of halogens is 2. The smallest absolute Gasteiger partial charge is 0.323 e. The number of nitro benzene ring substituents is 1. The van der Waals surface area contributed by atoms with Crippen molar-refractivity contribution in [1.29, 1.82) is 0 Å². The normalized spacial score (nSPS) is 10.1. The molecule has 0 saturated heterocycles. The van der Waals surface area contributed by atoms with Crippen molar-refractivity contribution in [2.75, 3.05) is 13.6 Å². The van der Waals surface area contributed by atoms with E-state index in [1.165, 1.54) is 0 Å². The molecule has 7 nitrogen and oxygen atoms in total. The maximum Gasteiger partial charge on any atom is 0.323 e. The first kappa shape index (κ1) is 14.5. The molecule has 0 atom stereocenters. The van der Waals surface area contributed by atoms with E-state index in [9.17, 15) is 28.5 Å². The second-order valence-electron chi connectivity index (χ2n) is 3.57. The predicted octanol–water partition coefficient (Wildman–Crippen LogP) is 1.03. The van der Waals surface area contributed by atoms with Gasteiger partial charge in [-0.3, -0.25) is 19.7 Å². The van der Waals surface area contributed by atoms with Crippen LogP contribution >= 0.6 is 0 Å². The van der Waals surface area contributed by atoms with E-state index in [-0.39, 0.29) is 0 Å². The number of carbonyl (C=O) groups excluding carboxylic acids is 1. The zero-order valence-corrected chi connectivity index (χ0v) is 9.59. The zero-order chi connectivity index (χ0) is 14.7. The third-order valence-electron chi connectivity index (χ3n) is 2.20. The molecule has 1 rings (SSSR count). The molecule has 1 aromatic carbocycles. The molecule has 0 unspecified atom stereocenters. The van der Waals surface area contributed by atoms with Gasteiger partial charge in [-0.05, 0) is 6.07 Å². The molecular formula is C10H8F2N2O5. The van der Waals surface area contributed by atoms with E-state index in [4.69, 9.17) is 5.11 Å². The lowest BCUT2D eigenvalue weighted by Gasteiger charge is -2.15. The number of hydrogen-bond donors (Lipinski definition) is 1. The summed E-state index contributed by atoms with van der Waals surface area (Å²) in [6.07, 6.45) is 0. The number of aliphatic carboxylic acids is 1. The highest BCUT2D eigenvalue weighted by molar-refractivity contribution is 5.96. The second kappa shape index (κ2) is 5.38. The van der Waals surface area contributed by atoms with Crippen LogP contribution in [-0.2, 0) is 4.79 Å². The molecule has 0 aliphatic rings. The van der Waals surface area contributed by atoms with E-state index in [2.05, 4.69) is 0 Å². The Bertz CT molecular complexity index is 561. The molecule has 9 heteroatoms. The lowest BCUT2D eigenvalue weighted by atomic mass is 10.1. The van der Waals surface area contributed by atoms with Crippen molar-refractivity contribution in [1.82, 2.24) is 4.90 Å². The third-order valence-corrected chi connectivity index (χ3v) is 2.20. The van der Waals surface area contributed by atoms with Crippen LogP contribution in [0.5, 0.6) is 0 Å². The third kappa shape index (κ3) is 3.00. The molecule has 1 aromatic rings. The number of nitrogens with zero attached hydrogens (tertiary/aromatic N) is 2. The number of carboxylic acid groups (broad SMARTS) is 1. The highest BCUT2D eigenvalue weighted by atomic mass is 19.1. The minimum absolute atomic E-state index is 0.535. The lowest BCUT2D eigenvalue weighted by molar-refractivity contribution is -0.387. The molecule has 0 spiro atoms. The quantitative estimate of drug-likeness (QED) is 0.652. The summed E-state index contributed by atoms with van der Waals surface area (Å²) in [6, 6.07) is 1.15. The molecule has 0 aliphatic carbocycles. The van der Waals surface area contributed by atoms with Crippen molar-refractivity contribution in [3.05, 3.63) is 39.4 Å². The number of carboxylic acids is 1. The van der Waals surface area contributed by atoms with Crippen LogP contribution in [0.3, 0.4) is 0 Å². The monoisotopic (exact) mass is 274 g/mol. The summed E-state index contributed by atoms with van der Waals surface area (Å²) in [5.41, 5.74) is -2.22. The summed E-state index contributed by atoms with van der Waals surface area (Å²) < 4.78 is 27.0. The highest BCUT2D eigenvalue weighted by Crippen LogP contribution is 2.23. The summed E-state index contributed by atoms with van der Waals surface area (Å²) >= 11 is 0. The van der Waals surface area contributed by atoms with Gasteiger partial charge >= 0.3 is 11.7 Å². The minimum atomic E-state index is -1.63. The Morgan fingerprint density at radius 3 is 2.47 bits per heavy atom. The van der Waals surface area contributed by atoms with Crippen molar-refractivity contribution in [2.45, 2.75) is 0 Å². The highest BCUT2D eigenvalue weighted by Gasteiger charge is 2.28. The Morgan fingerprint density at radius 2 is 2.00 bits per heavy atom. The van der Waals surface area contributed by atoms with Gasteiger partial charge in [-0.2, -0.15) is 4.39 Å². The summed E-state index contributed by atoms with van der Waals surface area (Å²) in [7, 11) is 1.01. The molecule has 1 N–H and O–H groups in total. The first-order valence-corrected chi connectivity index (χ1v) is 4.85. The van der Waals surface area contributed by atoms with Crippen LogP contribution in [0.2, 0.25) is 0 Å². The fraction of sp³-hybridized carbons (Fsp3) is 0.200. The van der Waals surface area contributed by atoms with Crippen LogP contribution in [-0.4, -0.2) is 40.4 Å². The average molecular weight is 274 g/mol. The molecule has 0 heterocycles. The van der Waals surface area contributed by atoms with Crippen LogP contribution in [0, 0.1) is 21.7 Å². The van der Waals surface area contributed by atoms with Crippen LogP contribution in [0.15, 0.2) is 12.1 Å². The van der Waals surface area contributed by atoms with E-state index in [0.717, 1.165) is 7.05 Å². The lowest BCUT2D eigenvalue weighted by Crippen LogP contribution is -2.33. The first-order chi connectivity index (χ1) is 8.75. The number of nitro groups is 1. The van der Waals surface area contributed by atoms with Gasteiger partial charge in [0.1, 0.15) is 17.9 Å². The summed E-state index contributed by atoms with van der Waals surface area (Å²) in [6.45, 7) is -0.791. The number of hydrogen-bond acceptors (Lipinski definition) is 4. The number of likely N-dealkylation sites (N-methyl/N-ethyl adjacent to an activating group) is 1. The van der Waals surface area contributed by atoms with Gasteiger partial charge in [0.15, 0.2) is 0 Å². The van der Waals surface area contributed by atoms with Crippen molar-refractivity contribution < 1.29 is 28.4 Å². The maximum atomic E-state index is 13.7. The molecule has 19 heavy (non-hydrogen) atoms. The molecule has 0 fully saturated rings. The second-order valence-corrected chi connectivity index (χ2v) is 3.57. The van der Waals surface area contributed by atoms with Crippen LogP contribution < -0.4 is 0 Å². The topological polar surface area (TPSA) is 101 Å². The van der Waals surface area contributed by atoms with Crippen LogP contribution in [0.4, 0.5) is 14.5 Å². The van der Waals surface area contributed by atoms with Crippen molar-refractivity contribution in [3.8, 4) is 0 Å². The number of benzene rings is 1. The molecule has 1 amide bonds. The number of rotatable bonds is 4. The first-order valence-electron chi connectivity index (χ1n) is 4.85. The molecule has 0 saturated carbocycles. The Balaban J connectivity index is 3.26. The van der Waals surface area contributed by atoms with Crippen molar-refractivity contribution in [2.24, 2.45) is 0 Å². The SMILES string of the molecule is CN(CC(=O)O)C(=O)c1c(F)ccc([N+](=O)[O-])c1F. The van der Waals surface area contributed by atoms with Gasteiger partial charge in [0, 0.05) is 13.1 Å². The Labute approximate surface area is 105 Å². The van der Waals surface area contributed by atoms with Gasteiger partial charge in [0.25, 0.3) is 5.91 Å². The van der Waals surface area contributed by atoms with Crippen LogP contribution in [0.1, 0.15) is 10.4 Å². The minimum Gasteiger partial charge on any atom is -0.480 e. The molecule has 0 radical (unpaired) electrons. The molecule has 0 aromatic heterocycles. The van der Waals surface area contributed by atoms with E-state index < -0.39 is 46.2 Å². The van der Waals surface area contributed by atoms with Crippen molar-refractivity contribution >= 4 is 17.6 Å². The molecule has 0 bridgehead atoms. The fourth-order valence-corrected chi connectivity index (χ4v) is 1.34. The number of carbonyl (C=O) groups is 2. The van der Waals surface area contributed by atoms with E-state index >= 15 is 0 Å². The van der Waals surface area contributed by atoms with Gasteiger partial charge in [0.05, 0.1) is 4.92 Å². The van der Waals surface area contributed by atoms with Gasteiger partial charge in [0.2, 0.25) is 5.82 Å². The largest absolute Gasteiger partial charge is 0.480 e. The van der Waals surface area contributed by atoms with E-state index in [1.54, 1.807) is 0 Å². The predicted molar refractivity (Wildman–Crippen MR) is 57.6 cm³/mol. The van der Waals surface area contributed by atoms with Gasteiger partial charge in [-0.1, -0.05) is 0 Å². The molecule has 102 valence electrons. The zero-order valence-electron chi connectivity index (χ0n) is 9.59. The summed E-state index contributed by atoms with van der Waals surface area (Å²) in [4.78, 5) is 32.0. The fourth-order valence-electron chi connectivity index (χ4n) is 1.34. The Kier molecular flexibility index (Phi) is 4.10. The maximum absolute atomic E-state index is 13.7. The van der Waals surface area contributed by atoms with Gasteiger partial charge in [-0.15, -0.1) is 0 Å². The Hall–Kier alpha value is -2.58. The summed E-state index contributed by atoms with van der Waals surface area (Å²) in [5.74, 6) is -5.61. The van der Waals surface area contributed by atoms with Gasteiger partial charge < -0.3 is 10.0 Å². The summed E-state index contributed by atoms with van der Waals surface area (Å²) in [5, 5.41) is 19.0. The number of amides is 1. The van der Waals surface area contributed by atoms with E-state index in [0.29, 0.717) is 17.0 Å². The van der Waals surface area contributed by atoms with Crippen LogP contribution in [0.25, 0.3) is 0 Å². The molecule has 0 aliphatic heterocycles. The standard InChI is InChI=1S/C10H8F2N2O5/c1-13(4-7(15)16)10(17)8-5(11)2-3-6(9(8)12)14(18)19/h2-3H,4H2,1H3,(H,15,16). The molecular weight excluding hydrogens is 266 g/mol. The van der Waals surface area contributed by atoms with E-state index in [1.807, 2.05) is 0 Å². The average Bonchev–Trinajstić information content (AvgIpc) is 2.27. The van der Waals surface area contributed by atoms with Gasteiger partial charge in [-0.25, -0.2) is 4.39 Å². The van der Waals surface area contributed by atoms with Crippen molar-refractivity contribution in [3.63, 3.8) is 0 Å². The Morgan fingerprint density at radius 1 is 1.42 bits per heavy atom.